The van der Waals surface area contributed by atoms with E-state index >= 15 is 0 Å². The average molecular weight is 397 g/mol. The fraction of sp³-hybridized carbons (Fsp3) is 0.318. The van der Waals surface area contributed by atoms with Gasteiger partial charge >= 0.3 is 5.97 Å². The standard InChI is InChI=1S/C22H24N2O3S/c1-4-27-21(26)14-24-18-12-15(2)16(3)13-19(18)28-22(24)23-20(25)11-10-17-8-6-5-7-9-17/h5-9,12-13H,4,10-11,14H2,1-3H3. The highest BCUT2D eigenvalue weighted by atomic mass is 32.1. The molecule has 3 aromatic rings. The first-order chi connectivity index (χ1) is 13.5. The second-order valence-corrected chi connectivity index (χ2v) is 7.68. The third kappa shape index (κ3) is 4.75. The first kappa shape index (κ1) is 20.0. The molecular formula is C22H24N2O3S. The highest BCUT2D eigenvalue weighted by Crippen LogP contribution is 2.22. The number of aromatic nitrogens is 1. The molecule has 0 radical (unpaired) electrons. The van der Waals surface area contributed by atoms with Crippen molar-refractivity contribution in [3.63, 3.8) is 0 Å². The van der Waals surface area contributed by atoms with E-state index in [1.165, 1.54) is 16.9 Å². The zero-order chi connectivity index (χ0) is 20.1. The van der Waals surface area contributed by atoms with Crippen LogP contribution in [0, 0.1) is 13.8 Å². The van der Waals surface area contributed by atoms with Crippen LogP contribution in [0.25, 0.3) is 10.2 Å². The maximum atomic E-state index is 12.5. The molecule has 0 fully saturated rings. The van der Waals surface area contributed by atoms with E-state index < -0.39 is 0 Å². The van der Waals surface area contributed by atoms with Gasteiger partial charge in [-0.3, -0.25) is 9.59 Å². The molecule has 2 aromatic carbocycles. The minimum Gasteiger partial charge on any atom is -0.465 e. The summed E-state index contributed by atoms with van der Waals surface area (Å²) in [4.78, 5) is 29.4. The lowest BCUT2D eigenvalue weighted by molar-refractivity contribution is -0.143. The van der Waals surface area contributed by atoms with Crippen molar-refractivity contribution in [1.82, 2.24) is 4.57 Å². The number of carbonyl (C=O) groups is 2. The van der Waals surface area contributed by atoms with Crippen LogP contribution in [0.15, 0.2) is 47.5 Å². The molecule has 28 heavy (non-hydrogen) atoms. The number of carbonyl (C=O) groups excluding carboxylic acids is 2. The first-order valence-corrected chi connectivity index (χ1v) is 10.2. The number of nitrogens with zero attached hydrogens (tertiary/aromatic N) is 2. The maximum absolute atomic E-state index is 12.5. The molecule has 3 rings (SSSR count). The predicted octanol–water partition coefficient (Wildman–Crippen LogP) is 3.94. The third-order valence-corrected chi connectivity index (χ3v) is 5.62. The number of hydrogen-bond acceptors (Lipinski definition) is 4. The fourth-order valence-corrected chi connectivity index (χ4v) is 4.08. The minimum atomic E-state index is -0.335. The van der Waals surface area contributed by atoms with Crippen LogP contribution >= 0.6 is 11.3 Å². The van der Waals surface area contributed by atoms with Crippen molar-refractivity contribution in [2.45, 2.75) is 40.2 Å². The zero-order valence-electron chi connectivity index (χ0n) is 16.4. The summed E-state index contributed by atoms with van der Waals surface area (Å²) in [5.74, 6) is -0.528. The van der Waals surface area contributed by atoms with Gasteiger partial charge in [-0.25, -0.2) is 0 Å². The van der Waals surface area contributed by atoms with E-state index in [1.54, 1.807) is 11.5 Å². The summed E-state index contributed by atoms with van der Waals surface area (Å²) < 4.78 is 7.89. The Hall–Kier alpha value is -2.73. The third-order valence-electron chi connectivity index (χ3n) is 4.58. The van der Waals surface area contributed by atoms with Gasteiger partial charge in [-0.2, -0.15) is 4.99 Å². The highest BCUT2D eigenvalue weighted by molar-refractivity contribution is 7.16. The summed E-state index contributed by atoms with van der Waals surface area (Å²) in [6, 6.07) is 14.0. The summed E-state index contributed by atoms with van der Waals surface area (Å²) in [6.07, 6.45) is 0.972. The number of fused-ring (bicyclic) bond motifs is 1. The number of ether oxygens (including phenoxy) is 1. The number of esters is 1. The van der Waals surface area contributed by atoms with Gasteiger partial charge in [0.2, 0.25) is 5.91 Å². The summed E-state index contributed by atoms with van der Waals surface area (Å²) in [6.45, 7) is 6.22. The van der Waals surface area contributed by atoms with Crippen molar-refractivity contribution in [1.29, 1.82) is 0 Å². The molecule has 6 heteroatoms. The lowest BCUT2D eigenvalue weighted by Gasteiger charge is -2.06. The number of hydrogen-bond donors (Lipinski definition) is 0. The van der Waals surface area contributed by atoms with Gasteiger partial charge in [0.25, 0.3) is 0 Å². The molecule has 0 aliphatic heterocycles. The van der Waals surface area contributed by atoms with Gasteiger partial charge in [-0.1, -0.05) is 41.7 Å². The quantitative estimate of drug-likeness (QED) is 0.593. The van der Waals surface area contributed by atoms with Gasteiger partial charge in [0.1, 0.15) is 6.54 Å². The van der Waals surface area contributed by atoms with Crippen LogP contribution in [0.2, 0.25) is 0 Å². The van der Waals surface area contributed by atoms with Crippen LogP contribution in [0.3, 0.4) is 0 Å². The number of benzene rings is 2. The Bertz CT molecular complexity index is 1060. The molecule has 146 valence electrons. The monoisotopic (exact) mass is 396 g/mol. The Morgan fingerprint density at radius 2 is 1.82 bits per heavy atom. The molecule has 0 saturated carbocycles. The maximum Gasteiger partial charge on any atom is 0.326 e. The second-order valence-electron chi connectivity index (χ2n) is 6.67. The molecular weight excluding hydrogens is 372 g/mol. The molecule has 0 bridgehead atoms. The molecule has 0 aliphatic rings. The fourth-order valence-electron chi connectivity index (χ4n) is 2.95. The number of rotatable bonds is 6. The van der Waals surface area contributed by atoms with Gasteiger partial charge in [0.05, 0.1) is 16.8 Å². The Morgan fingerprint density at radius 3 is 2.54 bits per heavy atom. The molecule has 0 spiro atoms. The first-order valence-electron chi connectivity index (χ1n) is 9.35. The summed E-state index contributed by atoms with van der Waals surface area (Å²) in [7, 11) is 0. The van der Waals surface area contributed by atoms with Crippen LogP contribution in [0.1, 0.15) is 30.0 Å². The van der Waals surface area contributed by atoms with Crippen molar-refractivity contribution < 1.29 is 14.3 Å². The van der Waals surface area contributed by atoms with Gasteiger partial charge in [0.15, 0.2) is 4.80 Å². The molecule has 0 N–H and O–H groups in total. The molecule has 1 aromatic heterocycles. The lowest BCUT2D eigenvalue weighted by atomic mass is 10.1. The largest absolute Gasteiger partial charge is 0.465 e. The Kier molecular flexibility index (Phi) is 6.41. The highest BCUT2D eigenvalue weighted by Gasteiger charge is 2.13. The zero-order valence-corrected chi connectivity index (χ0v) is 17.2. The molecule has 0 atom stereocenters. The minimum absolute atomic E-state index is 0.0428. The van der Waals surface area contributed by atoms with E-state index in [9.17, 15) is 9.59 Å². The molecule has 5 nitrogen and oxygen atoms in total. The van der Waals surface area contributed by atoms with Crippen LogP contribution in [-0.2, 0) is 27.3 Å². The van der Waals surface area contributed by atoms with Crippen molar-refractivity contribution in [2.24, 2.45) is 4.99 Å². The van der Waals surface area contributed by atoms with Gasteiger partial charge in [0, 0.05) is 6.42 Å². The summed E-state index contributed by atoms with van der Waals surface area (Å²) in [5.41, 5.74) is 4.30. The van der Waals surface area contributed by atoms with Gasteiger partial charge in [-0.05, 0) is 56.0 Å². The van der Waals surface area contributed by atoms with Crippen molar-refractivity contribution in [3.05, 3.63) is 64.0 Å². The molecule has 1 heterocycles. The number of thiazole rings is 1. The van der Waals surface area contributed by atoms with Crippen molar-refractivity contribution >= 4 is 33.4 Å². The Labute approximate surface area is 168 Å². The number of amides is 1. The van der Waals surface area contributed by atoms with Gasteiger partial charge < -0.3 is 9.30 Å². The topological polar surface area (TPSA) is 60.7 Å². The van der Waals surface area contributed by atoms with Crippen LogP contribution in [-0.4, -0.2) is 23.1 Å². The SMILES string of the molecule is CCOC(=O)Cn1c(=NC(=O)CCc2ccccc2)sc2cc(C)c(C)cc21. The van der Waals surface area contributed by atoms with Gasteiger partial charge in [-0.15, -0.1) is 0 Å². The second kappa shape index (κ2) is 8.97. The molecule has 1 amide bonds. The van der Waals surface area contributed by atoms with E-state index in [2.05, 4.69) is 11.1 Å². The Balaban J connectivity index is 1.94. The van der Waals surface area contributed by atoms with E-state index in [0.717, 1.165) is 21.3 Å². The van der Waals surface area contributed by atoms with Crippen LogP contribution < -0.4 is 4.80 Å². The average Bonchev–Trinajstić information content (AvgIpc) is 2.97. The smallest absolute Gasteiger partial charge is 0.326 e. The van der Waals surface area contributed by atoms with Crippen LogP contribution in [0.5, 0.6) is 0 Å². The predicted molar refractivity (Wildman–Crippen MR) is 111 cm³/mol. The van der Waals surface area contributed by atoms with Crippen molar-refractivity contribution in [2.75, 3.05) is 6.61 Å². The Morgan fingerprint density at radius 1 is 1.11 bits per heavy atom. The summed E-state index contributed by atoms with van der Waals surface area (Å²) >= 11 is 1.42. The number of aryl methyl sites for hydroxylation is 3. The summed E-state index contributed by atoms with van der Waals surface area (Å²) in [5, 5.41) is 0. The molecule has 0 saturated heterocycles. The lowest BCUT2D eigenvalue weighted by Crippen LogP contribution is -2.23. The van der Waals surface area contributed by atoms with E-state index in [0.29, 0.717) is 24.2 Å². The van der Waals surface area contributed by atoms with Crippen molar-refractivity contribution in [3.8, 4) is 0 Å². The van der Waals surface area contributed by atoms with E-state index in [-0.39, 0.29) is 18.4 Å². The molecule has 0 aliphatic carbocycles. The molecule has 0 unspecified atom stereocenters. The van der Waals surface area contributed by atoms with E-state index in [1.807, 2.05) is 50.2 Å². The van der Waals surface area contributed by atoms with Crippen LogP contribution in [0.4, 0.5) is 0 Å². The van der Waals surface area contributed by atoms with E-state index in [4.69, 9.17) is 4.74 Å². The normalized spacial score (nSPS) is 11.8.